The summed E-state index contributed by atoms with van der Waals surface area (Å²) in [6.07, 6.45) is 0.850. The lowest BCUT2D eigenvalue weighted by Gasteiger charge is -2.25. The van der Waals surface area contributed by atoms with Gasteiger partial charge in [0, 0.05) is 18.2 Å². The molecule has 0 aliphatic carbocycles. The average Bonchev–Trinajstić information content (AvgIpc) is 2.50. The number of primary sulfonamides is 1. The zero-order chi connectivity index (χ0) is 17.8. The van der Waals surface area contributed by atoms with E-state index in [-0.39, 0.29) is 12.1 Å². The minimum Gasteiger partial charge on any atom is -0.388 e. The highest BCUT2D eigenvalue weighted by Crippen LogP contribution is 2.24. The summed E-state index contributed by atoms with van der Waals surface area (Å²) in [5.41, 5.74) is -1.94. The van der Waals surface area contributed by atoms with Crippen LogP contribution in [0.4, 0.5) is 5.69 Å². The fourth-order valence-electron chi connectivity index (χ4n) is 1.89. The maximum absolute atomic E-state index is 12.0. The molecule has 1 rings (SSSR count). The zero-order valence-corrected chi connectivity index (χ0v) is 13.6. The third kappa shape index (κ3) is 4.71. The molecule has 0 heterocycles. The van der Waals surface area contributed by atoms with Crippen molar-refractivity contribution in [2.45, 2.75) is 37.2 Å². The predicted octanol–water partition coefficient (Wildman–Crippen LogP) is 0.523. The topological polar surface area (TPSA) is 153 Å². The number of aliphatic hydroxyl groups is 1. The van der Waals surface area contributed by atoms with Gasteiger partial charge in [0.2, 0.25) is 10.0 Å². The third-order valence-electron chi connectivity index (χ3n) is 3.62. The maximum Gasteiger partial charge on any atom is 0.290 e. The van der Waals surface area contributed by atoms with Gasteiger partial charge in [0.1, 0.15) is 0 Å². The smallest absolute Gasteiger partial charge is 0.290 e. The fourth-order valence-corrected chi connectivity index (χ4v) is 2.57. The molecule has 4 N–H and O–H groups in total. The lowest BCUT2D eigenvalue weighted by atomic mass is 9.97. The number of sulfonamides is 1. The molecule has 1 amide bonds. The molecule has 0 atom stereocenters. The lowest BCUT2D eigenvalue weighted by molar-refractivity contribution is -0.387. The summed E-state index contributed by atoms with van der Waals surface area (Å²) in [5, 5.41) is 28.4. The number of nitrogens with one attached hydrogen (secondary N) is 1. The number of benzene rings is 1. The van der Waals surface area contributed by atoms with Crippen molar-refractivity contribution in [3.63, 3.8) is 0 Å². The minimum atomic E-state index is -4.28. The van der Waals surface area contributed by atoms with Gasteiger partial charge in [-0.3, -0.25) is 14.9 Å². The quantitative estimate of drug-likeness (QED) is 0.484. The van der Waals surface area contributed by atoms with E-state index in [1.807, 2.05) is 0 Å². The van der Waals surface area contributed by atoms with Crippen LogP contribution in [-0.4, -0.2) is 36.5 Å². The van der Waals surface area contributed by atoms with E-state index in [2.05, 4.69) is 5.32 Å². The van der Waals surface area contributed by atoms with Gasteiger partial charge >= 0.3 is 0 Å². The average molecular weight is 345 g/mol. The van der Waals surface area contributed by atoms with Gasteiger partial charge in [0.05, 0.1) is 10.5 Å². The van der Waals surface area contributed by atoms with Crippen LogP contribution in [0.1, 0.15) is 37.0 Å². The van der Waals surface area contributed by atoms with Crippen LogP contribution in [0, 0.1) is 10.1 Å². The van der Waals surface area contributed by atoms with Gasteiger partial charge in [-0.25, -0.2) is 13.6 Å². The summed E-state index contributed by atoms with van der Waals surface area (Å²) in [6.45, 7) is 3.51. The van der Waals surface area contributed by atoms with Crippen LogP contribution >= 0.6 is 0 Å². The molecule has 1 aromatic carbocycles. The summed E-state index contributed by atoms with van der Waals surface area (Å²) >= 11 is 0. The number of rotatable bonds is 7. The van der Waals surface area contributed by atoms with E-state index in [4.69, 9.17) is 5.14 Å². The van der Waals surface area contributed by atoms with Crippen LogP contribution in [0.2, 0.25) is 0 Å². The Bertz CT molecular complexity index is 712. The second-order valence-electron chi connectivity index (χ2n) is 5.10. The molecule has 0 aliphatic rings. The molecule has 0 unspecified atom stereocenters. The predicted molar refractivity (Wildman–Crippen MR) is 82.3 cm³/mol. The van der Waals surface area contributed by atoms with Crippen molar-refractivity contribution in [3.8, 4) is 0 Å². The van der Waals surface area contributed by atoms with E-state index in [0.717, 1.165) is 18.2 Å². The molecule has 0 aromatic heterocycles. The van der Waals surface area contributed by atoms with Crippen molar-refractivity contribution >= 4 is 21.6 Å². The number of hydrogen-bond acceptors (Lipinski definition) is 6. The van der Waals surface area contributed by atoms with Gasteiger partial charge in [0.25, 0.3) is 11.6 Å². The molecule has 1 aromatic rings. The highest BCUT2D eigenvalue weighted by molar-refractivity contribution is 7.89. The zero-order valence-electron chi connectivity index (χ0n) is 12.8. The first-order valence-corrected chi connectivity index (χ1v) is 8.40. The van der Waals surface area contributed by atoms with E-state index >= 15 is 0 Å². The Hall–Kier alpha value is -2.04. The Morgan fingerprint density at radius 1 is 1.39 bits per heavy atom. The molecule has 23 heavy (non-hydrogen) atoms. The van der Waals surface area contributed by atoms with Gasteiger partial charge in [0.15, 0.2) is 4.90 Å². The molecule has 0 radical (unpaired) electrons. The second kappa shape index (κ2) is 7.02. The summed E-state index contributed by atoms with van der Waals surface area (Å²) < 4.78 is 22.6. The van der Waals surface area contributed by atoms with Gasteiger partial charge in [-0.1, -0.05) is 13.8 Å². The van der Waals surface area contributed by atoms with Crippen molar-refractivity contribution in [2.75, 3.05) is 6.54 Å². The number of carbonyl (C=O) groups is 1. The van der Waals surface area contributed by atoms with Gasteiger partial charge < -0.3 is 10.4 Å². The molecule has 0 bridgehead atoms. The normalized spacial score (nSPS) is 12.0. The number of nitrogens with two attached hydrogens (primary N) is 1. The van der Waals surface area contributed by atoms with E-state index in [9.17, 15) is 28.4 Å². The number of hydrogen-bond donors (Lipinski definition) is 3. The molecule has 128 valence electrons. The molecule has 9 nitrogen and oxygen atoms in total. The molecule has 0 saturated carbocycles. The first-order chi connectivity index (χ1) is 10.5. The minimum absolute atomic E-state index is 0.0242. The van der Waals surface area contributed by atoms with Crippen molar-refractivity contribution in [2.24, 2.45) is 5.14 Å². The largest absolute Gasteiger partial charge is 0.388 e. The van der Waals surface area contributed by atoms with E-state index in [0.29, 0.717) is 12.8 Å². The SMILES string of the molecule is CCC(O)(CC)CNC(=O)c1ccc(S(N)(=O)=O)c([N+](=O)[O-])c1. The van der Waals surface area contributed by atoms with Crippen molar-refractivity contribution in [1.82, 2.24) is 5.32 Å². The van der Waals surface area contributed by atoms with Crippen LogP contribution in [-0.2, 0) is 10.0 Å². The van der Waals surface area contributed by atoms with Crippen molar-refractivity contribution in [1.29, 1.82) is 0 Å². The number of nitro benzene ring substituents is 1. The molecular weight excluding hydrogens is 326 g/mol. The first-order valence-electron chi connectivity index (χ1n) is 6.86. The van der Waals surface area contributed by atoms with E-state index in [1.165, 1.54) is 0 Å². The van der Waals surface area contributed by atoms with Gasteiger partial charge in [-0.15, -0.1) is 0 Å². The number of carbonyl (C=O) groups excluding carboxylic acids is 1. The Morgan fingerprint density at radius 2 is 1.96 bits per heavy atom. The maximum atomic E-state index is 12.0. The third-order valence-corrected chi connectivity index (χ3v) is 4.58. The van der Waals surface area contributed by atoms with Crippen LogP contribution in [0.3, 0.4) is 0 Å². The van der Waals surface area contributed by atoms with Crippen molar-refractivity contribution in [3.05, 3.63) is 33.9 Å². The Balaban J connectivity index is 3.08. The monoisotopic (exact) mass is 345 g/mol. The Morgan fingerprint density at radius 3 is 2.39 bits per heavy atom. The molecule has 0 saturated heterocycles. The summed E-state index contributed by atoms with van der Waals surface area (Å²) in [4.78, 5) is 21.4. The number of nitro groups is 1. The summed E-state index contributed by atoms with van der Waals surface area (Å²) in [6, 6.07) is 2.87. The van der Waals surface area contributed by atoms with Crippen LogP contribution in [0.25, 0.3) is 0 Å². The van der Waals surface area contributed by atoms with E-state index < -0.39 is 37.0 Å². The number of nitrogens with zero attached hydrogens (tertiary/aromatic N) is 1. The Labute approximate surface area is 133 Å². The lowest BCUT2D eigenvalue weighted by Crippen LogP contribution is -2.42. The van der Waals surface area contributed by atoms with Crippen molar-refractivity contribution < 1.29 is 23.2 Å². The van der Waals surface area contributed by atoms with Gasteiger partial charge in [-0.05, 0) is 25.0 Å². The van der Waals surface area contributed by atoms with Gasteiger partial charge in [-0.2, -0.15) is 0 Å². The summed E-state index contributed by atoms with van der Waals surface area (Å²) in [5.74, 6) is -0.658. The first kappa shape index (κ1) is 19.0. The molecule has 0 aliphatic heterocycles. The fraction of sp³-hybridized carbons (Fsp3) is 0.462. The molecular formula is C13H19N3O6S. The molecule has 0 spiro atoms. The summed E-state index contributed by atoms with van der Waals surface area (Å²) in [7, 11) is -4.28. The molecule has 10 heteroatoms. The van der Waals surface area contributed by atoms with Crippen LogP contribution in [0.15, 0.2) is 23.1 Å². The van der Waals surface area contributed by atoms with Crippen LogP contribution in [0.5, 0.6) is 0 Å². The number of amides is 1. The van der Waals surface area contributed by atoms with Crippen LogP contribution < -0.4 is 10.5 Å². The highest BCUT2D eigenvalue weighted by Gasteiger charge is 2.26. The standard InChI is InChI=1S/C13H19N3O6S/c1-3-13(18,4-2)8-15-12(17)9-5-6-11(23(14,21)22)10(7-9)16(19)20/h5-7,18H,3-4,8H2,1-2H3,(H,15,17)(H2,14,21,22). The molecule has 0 fully saturated rings. The highest BCUT2D eigenvalue weighted by atomic mass is 32.2. The Kier molecular flexibility index (Phi) is 5.81. The second-order valence-corrected chi connectivity index (χ2v) is 6.63. The van der Waals surface area contributed by atoms with E-state index in [1.54, 1.807) is 13.8 Å².